The van der Waals surface area contributed by atoms with Crippen molar-refractivity contribution in [3.05, 3.63) is 0 Å². The molecule has 0 aromatic heterocycles. The lowest BCUT2D eigenvalue weighted by molar-refractivity contribution is -0.130. The molecule has 0 radical (unpaired) electrons. The molecule has 0 spiro atoms. The second-order valence-corrected chi connectivity index (χ2v) is 6.25. The zero-order valence-corrected chi connectivity index (χ0v) is 11.1. The summed E-state index contributed by atoms with van der Waals surface area (Å²) in [5.41, 5.74) is 0. The van der Waals surface area contributed by atoms with Crippen molar-refractivity contribution in [2.24, 2.45) is 0 Å². The fraction of sp³-hybridized carbons (Fsp3) is 0.917. The van der Waals surface area contributed by atoms with Crippen molar-refractivity contribution in [3.8, 4) is 0 Å². The predicted octanol–water partition coefficient (Wildman–Crippen LogP) is 1.83. The van der Waals surface area contributed by atoms with Gasteiger partial charge in [-0.05, 0) is 31.4 Å². The van der Waals surface area contributed by atoms with E-state index in [4.69, 9.17) is 0 Å². The van der Waals surface area contributed by atoms with Crippen LogP contribution in [-0.4, -0.2) is 40.6 Å². The predicted molar refractivity (Wildman–Crippen MR) is 68.5 cm³/mol. The highest BCUT2D eigenvalue weighted by Crippen LogP contribution is 2.33. The van der Waals surface area contributed by atoms with Crippen molar-refractivity contribution in [2.75, 3.05) is 12.4 Å². The average molecular weight is 242 g/mol. The Morgan fingerprint density at radius 1 is 1.44 bits per heavy atom. The summed E-state index contributed by atoms with van der Waals surface area (Å²) in [5.74, 6) is 1.52. The Balaban J connectivity index is 1.88. The van der Waals surface area contributed by atoms with Crippen molar-refractivity contribution in [3.63, 3.8) is 0 Å². The number of nitrogens with zero attached hydrogens (tertiary/aromatic N) is 1. The summed E-state index contributed by atoms with van der Waals surface area (Å²) in [6, 6.07) is 0.582. The zero-order valence-electron chi connectivity index (χ0n) is 10.2. The molecule has 3 unspecified atom stereocenters. The van der Waals surface area contributed by atoms with E-state index in [1.165, 1.54) is 25.0 Å². The minimum absolute atomic E-state index is 0.0814. The number of carbonyl (C=O) groups excluding carboxylic acids is 1. The van der Waals surface area contributed by atoms with Crippen LogP contribution in [0, 0.1) is 0 Å². The van der Waals surface area contributed by atoms with Crippen LogP contribution in [0.5, 0.6) is 0 Å². The van der Waals surface area contributed by atoms with E-state index in [-0.39, 0.29) is 6.04 Å². The van der Waals surface area contributed by atoms with Gasteiger partial charge in [-0.1, -0.05) is 13.8 Å². The number of amides is 1. The highest BCUT2D eigenvalue weighted by molar-refractivity contribution is 7.99. The standard InChI is InChI=1S/C12H22N2OS/c1-3-11-12(15)14(8-13-11)9-5-6-10(7-9)16-4-2/h9-11,13H,3-8H2,1-2H3. The van der Waals surface area contributed by atoms with Crippen LogP contribution in [0.25, 0.3) is 0 Å². The number of nitrogens with one attached hydrogen (secondary N) is 1. The molecule has 2 aliphatic rings. The third-order valence-electron chi connectivity index (χ3n) is 3.70. The van der Waals surface area contributed by atoms with Crippen LogP contribution in [0.15, 0.2) is 0 Å². The first-order chi connectivity index (χ1) is 7.76. The van der Waals surface area contributed by atoms with Crippen molar-refractivity contribution in [2.45, 2.75) is 56.9 Å². The van der Waals surface area contributed by atoms with Crippen LogP contribution in [0.1, 0.15) is 39.5 Å². The van der Waals surface area contributed by atoms with Gasteiger partial charge in [-0.3, -0.25) is 10.1 Å². The van der Waals surface area contributed by atoms with Gasteiger partial charge in [0.2, 0.25) is 5.91 Å². The SMILES string of the molecule is CCSC1CCC(N2CNC(CC)C2=O)C1. The molecule has 4 heteroatoms. The van der Waals surface area contributed by atoms with Gasteiger partial charge in [-0.15, -0.1) is 0 Å². The molecule has 3 nitrogen and oxygen atoms in total. The maximum Gasteiger partial charge on any atom is 0.241 e. The van der Waals surface area contributed by atoms with Gasteiger partial charge in [0, 0.05) is 11.3 Å². The highest BCUT2D eigenvalue weighted by atomic mass is 32.2. The van der Waals surface area contributed by atoms with Crippen LogP contribution in [0.4, 0.5) is 0 Å². The van der Waals surface area contributed by atoms with E-state index in [0.29, 0.717) is 11.9 Å². The first-order valence-electron chi connectivity index (χ1n) is 6.41. The summed E-state index contributed by atoms with van der Waals surface area (Å²) in [6.45, 7) is 5.06. The number of thioether (sulfide) groups is 1. The Morgan fingerprint density at radius 2 is 2.25 bits per heavy atom. The lowest BCUT2D eigenvalue weighted by atomic mass is 10.2. The molecule has 1 amide bonds. The minimum atomic E-state index is 0.0814. The molecular formula is C12H22N2OS. The Kier molecular flexibility index (Phi) is 4.14. The van der Waals surface area contributed by atoms with Gasteiger partial charge >= 0.3 is 0 Å². The summed E-state index contributed by atoms with van der Waals surface area (Å²) >= 11 is 2.05. The lowest BCUT2D eigenvalue weighted by Crippen LogP contribution is -2.37. The lowest BCUT2D eigenvalue weighted by Gasteiger charge is -2.23. The number of carbonyl (C=O) groups is 1. The zero-order chi connectivity index (χ0) is 11.5. The number of hydrogen-bond acceptors (Lipinski definition) is 3. The third-order valence-corrected chi connectivity index (χ3v) is 4.93. The van der Waals surface area contributed by atoms with Crippen molar-refractivity contribution < 1.29 is 4.79 Å². The number of rotatable bonds is 4. The van der Waals surface area contributed by atoms with Gasteiger partial charge in [0.25, 0.3) is 0 Å². The quantitative estimate of drug-likeness (QED) is 0.816. The molecule has 1 saturated carbocycles. The molecule has 2 rings (SSSR count). The highest BCUT2D eigenvalue weighted by Gasteiger charge is 2.37. The van der Waals surface area contributed by atoms with Crippen molar-refractivity contribution in [1.82, 2.24) is 10.2 Å². The maximum atomic E-state index is 12.0. The van der Waals surface area contributed by atoms with E-state index >= 15 is 0 Å². The fourth-order valence-electron chi connectivity index (χ4n) is 2.79. The molecule has 92 valence electrons. The molecule has 16 heavy (non-hydrogen) atoms. The van der Waals surface area contributed by atoms with Crippen LogP contribution >= 0.6 is 11.8 Å². The Hall–Kier alpha value is -0.220. The van der Waals surface area contributed by atoms with Gasteiger partial charge < -0.3 is 4.90 Å². The maximum absolute atomic E-state index is 12.0. The van der Waals surface area contributed by atoms with Crippen molar-refractivity contribution in [1.29, 1.82) is 0 Å². The van der Waals surface area contributed by atoms with E-state index in [2.05, 4.69) is 35.8 Å². The second kappa shape index (κ2) is 5.41. The van der Waals surface area contributed by atoms with E-state index in [9.17, 15) is 4.79 Å². The molecule has 1 N–H and O–H groups in total. The molecule has 0 bridgehead atoms. The van der Waals surface area contributed by atoms with E-state index in [0.717, 1.165) is 18.3 Å². The van der Waals surface area contributed by atoms with Gasteiger partial charge in [-0.25, -0.2) is 0 Å². The summed E-state index contributed by atoms with van der Waals surface area (Å²) in [6.07, 6.45) is 4.59. The van der Waals surface area contributed by atoms with Gasteiger partial charge in [0.05, 0.1) is 12.7 Å². The summed E-state index contributed by atoms with van der Waals surface area (Å²) < 4.78 is 0. The topological polar surface area (TPSA) is 32.3 Å². The molecule has 3 atom stereocenters. The molecule has 1 aliphatic carbocycles. The smallest absolute Gasteiger partial charge is 0.241 e. The molecular weight excluding hydrogens is 220 g/mol. The van der Waals surface area contributed by atoms with E-state index < -0.39 is 0 Å². The Bertz CT molecular complexity index is 259. The molecule has 0 aromatic carbocycles. The second-order valence-electron chi connectivity index (χ2n) is 4.68. The molecule has 2 fully saturated rings. The van der Waals surface area contributed by atoms with Crippen LogP contribution in [0.3, 0.4) is 0 Å². The van der Waals surface area contributed by atoms with Crippen molar-refractivity contribution >= 4 is 17.7 Å². The normalized spacial score (nSPS) is 35.0. The largest absolute Gasteiger partial charge is 0.326 e. The summed E-state index contributed by atoms with van der Waals surface area (Å²) in [5, 5.41) is 4.08. The Labute approximate surface area is 102 Å². The summed E-state index contributed by atoms with van der Waals surface area (Å²) in [7, 11) is 0. The average Bonchev–Trinajstić information content (AvgIpc) is 2.85. The molecule has 1 aliphatic heterocycles. The fourth-order valence-corrected chi connectivity index (χ4v) is 3.92. The molecule has 1 heterocycles. The van der Waals surface area contributed by atoms with Gasteiger partial charge in [-0.2, -0.15) is 11.8 Å². The van der Waals surface area contributed by atoms with Gasteiger partial charge in [0.15, 0.2) is 0 Å². The van der Waals surface area contributed by atoms with Crippen LogP contribution in [0.2, 0.25) is 0 Å². The van der Waals surface area contributed by atoms with E-state index in [1.807, 2.05) is 0 Å². The van der Waals surface area contributed by atoms with Crippen LogP contribution < -0.4 is 5.32 Å². The first kappa shape index (κ1) is 12.2. The monoisotopic (exact) mass is 242 g/mol. The first-order valence-corrected chi connectivity index (χ1v) is 7.46. The molecule has 0 aromatic rings. The molecule has 1 saturated heterocycles. The Morgan fingerprint density at radius 3 is 2.88 bits per heavy atom. The number of hydrogen-bond donors (Lipinski definition) is 1. The van der Waals surface area contributed by atoms with Crippen LogP contribution in [-0.2, 0) is 4.79 Å². The third kappa shape index (κ3) is 2.38. The van der Waals surface area contributed by atoms with Gasteiger partial charge in [0.1, 0.15) is 0 Å². The minimum Gasteiger partial charge on any atom is -0.326 e. The summed E-state index contributed by atoms with van der Waals surface area (Å²) in [4.78, 5) is 14.1. The van der Waals surface area contributed by atoms with E-state index in [1.54, 1.807) is 0 Å².